The Morgan fingerprint density at radius 1 is 1.26 bits per heavy atom. The van der Waals surface area contributed by atoms with Crippen LogP contribution < -0.4 is 5.32 Å². The zero-order valence-electron chi connectivity index (χ0n) is 15.8. The van der Waals surface area contributed by atoms with Crippen LogP contribution in [0.15, 0.2) is 46.7 Å². The van der Waals surface area contributed by atoms with E-state index in [-0.39, 0.29) is 28.8 Å². The summed E-state index contributed by atoms with van der Waals surface area (Å²) in [7, 11) is -2.45. The molecule has 0 aliphatic carbocycles. The molecule has 1 N–H and O–H groups in total. The summed E-state index contributed by atoms with van der Waals surface area (Å²) < 4.78 is 26.3. The van der Waals surface area contributed by atoms with E-state index in [1.165, 1.54) is 31.3 Å². The highest BCUT2D eigenvalue weighted by molar-refractivity contribution is 7.89. The molecule has 0 spiro atoms. The van der Waals surface area contributed by atoms with Crippen molar-refractivity contribution in [3.8, 4) is 6.07 Å². The summed E-state index contributed by atoms with van der Waals surface area (Å²) in [6.45, 7) is 5.78. The molecule has 0 aliphatic heterocycles. The van der Waals surface area contributed by atoms with Crippen LogP contribution in [0.25, 0.3) is 0 Å². The predicted octanol–water partition coefficient (Wildman–Crippen LogP) is 3.14. The Morgan fingerprint density at radius 3 is 2.37 bits per heavy atom. The third kappa shape index (κ3) is 5.16. The van der Waals surface area contributed by atoms with Crippen molar-refractivity contribution in [2.24, 2.45) is 5.41 Å². The molecular weight excluding hydrogens is 382 g/mol. The molecule has 6 nitrogen and oxygen atoms in total. The molecule has 0 saturated carbocycles. The van der Waals surface area contributed by atoms with Gasteiger partial charge >= 0.3 is 0 Å². The molecule has 2 aromatic rings. The lowest BCUT2D eigenvalue weighted by molar-refractivity contribution is -0.122. The number of rotatable bonds is 6. The Labute approximate surface area is 164 Å². The fraction of sp³-hybridized carbons (Fsp3) is 0.368. The molecule has 1 heterocycles. The minimum absolute atomic E-state index is 0.0439. The van der Waals surface area contributed by atoms with E-state index in [0.717, 1.165) is 9.18 Å². The molecule has 27 heavy (non-hydrogen) atoms. The Kier molecular flexibility index (Phi) is 6.42. The summed E-state index contributed by atoms with van der Waals surface area (Å²) in [6.07, 6.45) is 0. The second-order valence-electron chi connectivity index (χ2n) is 7.28. The van der Waals surface area contributed by atoms with Gasteiger partial charge in [-0.15, -0.1) is 11.3 Å². The van der Waals surface area contributed by atoms with Gasteiger partial charge in [0.2, 0.25) is 15.9 Å². The minimum Gasteiger partial charge on any atom is -0.347 e. The number of carbonyl (C=O) groups excluding carboxylic acids is 1. The average Bonchev–Trinajstić information content (AvgIpc) is 3.12. The number of nitriles is 1. The first kappa shape index (κ1) is 21.1. The van der Waals surface area contributed by atoms with Crippen LogP contribution in [0.3, 0.4) is 0 Å². The van der Waals surface area contributed by atoms with Gasteiger partial charge in [0.25, 0.3) is 0 Å². The van der Waals surface area contributed by atoms with Crippen molar-refractivity contribution in [3.63, 3.8) is 0 Å². The smallest absolute Gasteiger partial charge is 0.243 e. The molecule has 1 aromatic heterocycles. The van der Waals surface area contributed by atoms with Gasteiger partial charge in [0.15, 0.2) is 0 Å². The lowest BCUT2D eigenvalue weighted by Crippen LogP contribution is -2.42. The lowest BCUT2D eigenvalue weighted by Gasteiger charge is -2.31. The summed E-state index contributed by atoms with van der Waals surface area (Å²) in [4.78, 5) is 13.6. The summed E-state index contributed by atoms with van der Waals surface area (Å²) in [5.74, 6) is -0.372. The molecule has 0 radical (unpaired) electrons. The van der Waals surface area contributed by atoms with Crippen molar-refractivity contribution >= 4 is 27.3 Å². The maximum Gasteiger partial charge on any atom is 0.243 e. The van der Waals surface area contributed by atoms with Gasteiger partial charge in [-0.2, -0.15) is 9.57 Å². The number of nitrogens with zero attached hydrogens (tertiary/aromatic N) is 2. The number of carbonyl (C=O) groups is 1. The van der Waals surface area contributed by atoms with E-state index >= 15 is 0 Å². The second kappa shape index (κ2) is 8.21. The maximum absolute atomic E-state index is 12.6. The highest BCUT2D eigenvalue weighted by Crippen LogP contribution is 2.35. The molecule has 2 rings (SSSR count). The molecule has 1 atom stereocenters. The zero-order valence-corrected chi connectivity index (χ0v) is 17.4. The van der Waals surface area contributed by atoms with Gasteiger partial charge in [-0.1, -0.05) is 26.8 Å². The molecular formula is C19H23N3O3S2. The van der Waals surface area contributed by atoms with Gasteiger partial charge in [-0.05, 0) is 41.1 Å². The van der Waals surface area contributed by atoms with E-state index in [0.29, 0.717) is 5.56 Å². The van der Waals surface area contributed by atoms with Crippen LogP contribution in [-0.4, -0.2) is 32.2 Å². The summed E-state index contributed by atoms with van der Waals surface area (Å²) in [5, 5.41) is 13.7. The van der Waals surface area contributed by atoms with Crippen LogP contribution in [0.1, 0.15) is 37.3 Å². The van der Waals surface area contributed by atoms with E-state index in [4.69, 9.17) is 5.26 Å². The molecule has 0 saturated heterocycles. The monoisotopic (exact) mass is 405 g/mol. The third-order valence-electron chi connectivity index (χ3n) is 4.06. The number of hydrogen-bond acceptors (Lipinski definition) is 5. The molecule has 1 unspecified atom stereocenters. The highest BCUT2D eigenvalue weighted by atomic mass is 32.2. The Morgan fingerprint density at radius 2 is 1.89 bits per heavy atom. The van der Waals surface area contributed by atoms with E-state index in [1.807, 2.05) is 44.4 Å². The van der Waals surface area contributed by atoms with Crippen molar-refractivity contribution in [2.45, 2.75) is 31.7 Å². The Bertz CT molecular complexity index is 922. The predicted molar refractivity (Wildman–Crippen MR) is 106 cm³/mol. The number of hydrogen-bond donors (Lipinski definition) is 1. The number of sulfonamides is 1. The van der Waals surface area contributed by atoms with E-state index < -0.39 is 10.0 Å². The summed E-state index contributed by atoms with van der Waals surface area (Å²) >= 11 is 1.55. The van der Waals surface area contributed by atoms with E-state index in [2.05, 4.69) is 5.32 Å². The van der Waals surface area contributed by atoms with Gasteiger partial charge in [0.1, 0.15) is 0 Å². The van der Waals surface area contributed by atoms with Crippen LogP contribution >= 0.6 is 11.3 Å². The minimum atomic E-state index is -3.82. The maximum atomic E-state index is 12.6. The fourth-order valence-corrected chi connectivity index (χ4v) is 4.69. The number of benzene rings is 1. The van der Waals surface area contributed by atoms with E-state index in [9.17, 15) is 13.2 Å². The number of amides is 1. The summed E-state index contributed by atoms with van der Waals surface area (Å²) in [6, 6.07) is 11.2. The van der Waals surface area contributed by atoms with E-state index in [1.54, 1.807) is 11.3 Å². The van der Waals surface area contributed by atoms with Crippen LogP contribution in [0.4, 0.5) is 0 Å². The third-order valence-corrected chi connectivity index (χ3v) is 6.81. The van der Waals surface area contributed by atoms with Gasteiger partial charge in [-0.25, -0.2) is 8.42 Å². The van der Waals surface area contributed by atoms with Crippen molar-refractivity contribution in [1.29, 1.82) is 5.26 Å². The van der Waals surface area contributed by atoms with Crippen molar-refractivity contribution < 1.29 is 13.2 Å². The molecule has 0 bridgehead atoms. The fourth-order valence-electron chi connectivity index (χ4n) is 2.55. The molecule has 8 heteroatoms. The summed E-state index contributed by atoms with van der Waals surface area (Å²) in [5.41, 5.74) is 0.156. The first-order valence-corrected chi connectivity index (χ1v) is 10.7. The second-order valence-corrected chi connectivity index (χ2v) is 10.3. The standard InChI is InChI=1S/C19H23N3O3S2/c1-19(2,3)18(16-6-5-11-26-16)21-17(23)13-22(4)27(24,25)15-9-7-14(12-20)8-10-15/h5-11,18H,13H2,1-4H3,(H,21,23). The van der Waals surface area contributed by atoms with Gasteiger partial charge in [0.05, 0.1) is 29.1 Å². The lowest BCUT2D eigenvalue weighted by atomic mass is 9.86. The first-order valence-electron chi connectivity index (χ1n) is 8.35. The zero-order chi connectivity index (χ0) is 20.2. The van der Waals surface area contributed by atoms with Gasteiger partial charge in [0, 0.05) is 11.9 Å². The van der Waals surface area contributed by atoms with Crippen molar-refractivity contribution in [3.05, 3.63) is 52.2 Å². The normalized spacial score (nSPS) is 13.2. The van der Waals surface area contributed by atoms with Crippen molar-refractivity contribution in [2.75, 3.05) is 13.6 Å². The topological polar surface area (TPSA) is 90.3 Å². The molecule has 0 aliphatic rings. The average molecular weight is 406 g/mol. The van der Waals surface area contributed by atoms with Crippen molar-refractivity contribution in [1.82, 2.24) is 9.62 Å². The number of likely N-dealkylation sites (N-methyl/N-ethyl adjacent to an activating group) is 1. The Hall–Kier alpha value is -2.21. The molecule has 1 aromatic carbocycles. The van der Waals surface area contributed by atoms with Crippen LogP contribution in [-0.2, 0) is 14.8 Å². The molecule has 0 fully saturated rings. The largest absolute Gasteiger partial charge is 0.347 e. The van der Waals surface area contributed by atoms with Gasteiger partial charge in [-0.3, -0.25) is 4.79 Å². The van der Waals surface area contributed by atoms with Gasteiger partial charge < -0.3 is 5.32 Å². The highest BCUT2D eigenvalue weighted by Gasteiger charge is 2.30. The SMILES string of the molecule is CN(CC(=O)NC(c1cccs1)C(C)(C)C)S(=O)(=O)c1ccc(C#N)cc1. The quantitative estimate of drug-likeness (QED) is 0.799. The molecule has 1 amide bonds. The Balaban J connectivity index is 2.12. The van der Waals surface area contributed by atoms with Crippen LogP contribution in [0, 0.1) is 16.7 Å². The number of thiophene rings is 1. The molecule has 144 valence electrons. The van der Waals surface area contributed by atoms with Crippen LogP contribution in [0.5, 0.6) is 0 Å². The van der Waals surface area contributed by atoms with Crippen LogP contribution in [0.2, 0.25) is 0 Å². The number of nitrogens with one attached hydrogen (secondary N) is 1. The first-order chi connectivity index (χ1) is 12.6.